The van der Waals surface area contributed by atoms with E-state index in [1.807, 2.05) is 44.3 Å². The highest BCUT2D eigenvalue weighted by molar-refractivity contribution is 7.80. The van der Waals surface area contributed by atoms with Crippen LogP contribution >= 0.6 is 23.6 Å². The van der Waals surface area contributed by atoms with Crippen LogP contribution in [-0.4, -0.2) is 27.1 Å². The van der Waals surface area contributed by atoms with E-state index < -0.39 is 0 Å². The van der Waals surface area contributed by atoms with Gasteiger partial charge in [-0.15, -0.1) is 11.3 Å². The Balaban J connectivity index is 1.62. The zero-order valence-electron chi connectivity index (χ0n) is 18.4. The van der Waals surface area contributed by atoms with Gasteiger partial charge in [0.15, 0.2) is 5.11 Å². The fraction of sp³-hybridized carbons (Fsp3) is 0.348. The first-order chi connectivity index (χ1) is 15.4. The summed E-state index contributed by atoms with van der Waals surface area (Å²) < 4.78 is 8.69. The van der Waals surface area contributed by atoms with Gasteiger partial charge in [-0.1, -0.05) is 18.2 Å². The molecule has 0 bridgehead atoms. The Labute approximate surface area is 196 Å². The zero-order valence-corrected chi connectivity index (χ0v) is 20.0. The summed E-state index contributed by atoms with van der Waals surface area (Å²) in [4.78, 5) is 27.0. The molecule has 0 unspecified atom stereocenters. The van der Waals surface area contributed by atoms with E-state index in [1.54, 1.807) is 27.6 Å². The topological polar surface area (TPSA) is 77.3 Å². The number of ether oxygens (including phenoxy) is 1. The Hall–Kier alpha value is -2.91. The van der Waals surface area contributed by atoms with Crippen LogP contribution in [0.1, 0.15) is 46.3 Å². The summed E-state index contributed by atoms with van der Waals surface area (Å²) >= 11 is 7.07. The third kappa shape index (κ3) is 4.10. The van der Waals surface area contributed by atoms with E-state index in [0.717, 1.165) is 42.6 Å². The highest BCUT2D eigenvalue weighted by Gasteiger charge is 2.27. The van der Waals surface area contributed by atoms with Gasteiger partial charge in [-0.05, 0) is 69.4 Å². The van der Waals surface area contributed by atoms with Crippen LogP contribution in [0.5, 0.6) is 0 Å². The normalized spacial score (nSPS) is 12.8. The van der Waals surface area contributed by atoms with Gasteiger partial charge >= 0.3 is 5.97 Å². The summed E-state index contributed by atoms with van der Waals surface area (Å²) in [6, 6.07) is 9.44. The Bertz CT molecular complexity index is 1220. The van der Waals surface area contributed by atoms with Crippen molar-refractivity contribution in [3.05, 3.63) is 62.4 Å². The van der Waals surface area contributed by atoms with E-state index in [9.17, 15) is 9.59 Å². The Kier molecular flexibility index (Phi) is 6.48. The summed E-state index contributed by atoms with van der Waals surface area (Å²) in [5, 5.41) is 7.15. The summed E-state index contributed by atoms with van der Waals surface area (Å²) in [5.41, 5.74) is 3.35. The van der Waals surface area contributed by atoms with Crippen molar-refractivity contribution in [3.63, 3.8) is 0 Å². The Morgan fingerprint density at radius 2 is 1.91 bits per heavy atom. The number of benzene rings is 1. The maximum Gasteiger partial charge on any atom is 0.341 e. The van der Waals surface area contributed by atoms with Gasteiger partial charge < -0.3 is 15.4 Å². The summed E-state index contributed by atoms with van der Waals surface area (Å²) in [5.74, 6) is -0.334. The van der Waals surface area contributed by atoms with Gasteiger partial charge in [0.1, 0.15) is 10.7 Å². The van der Waals surface area contributed by atoms with Gasteiger partial charge in [-0.2, -0.15) is 0 Å². The van der Waals surface area contributed by atoms with E-state index in [4.69, 9.17) is 17.0 Å². The second-order valence-corrected chi connectivity index (χ2v) is 9.16. The number of para-hydroxylation sites is 1. The molecule has 3 aromatic rings. The minimum Gasteiger partial charge on any atom is -0.462 e. The summed E-state index contributed by atoms with van der Waals surface area (Å²) in [6.07, 6.45) is 3.98. The molecule has 0 saturated carbocycles. The van der Waals surface area contributed by atoms with Gasteiger partial charge in [0, 0.05) is 11.9 Å². The van der Waals surface area contributed by atoms with Crippen LogP contribution in [0, 0.1) is 6.92 Å². The molecule has 1 aliphatic carbocycles. The number of esters is 1. The number of nitrogens with zero attached hydrogens (tertiary/aromatic N) is 2. The molecule has 1 aromatic carbocycles. The SMILES string of the molecule is CCOC(=O)c1c(NC(=S)Nc2c(C)n(C)n(-c3ccccc3)c2=O)sc2c1CCCC2. The lowest BCUT2D eigenvalue weighted by Gasteiger charge is -2.13. The summed E-state index contributed by atoms with van der Waals surface area (Å²) in [6.45, 7) is 3.97. The van der Waals surface area contributed by atoms with Gasteiger partial charge in [0.2, 0.25) is 0 Å². The lowest BCUT2D eigenvalue weighted by molar-refractivity contribution is 0.0526. The molecule has 2 heterocycles. The number of rotatable bonds is 5. The van der Waals surface area contributed by atoms with Crippen LogP contribution in [0.2, 0.25) is 0 Å². The van der Waals surface area contributed by atoms with E-state index in [1.165, 1.54) is 4.88 Å². The Morgan fingerprint density at radius 1 is 1.19 bits per heavy atom. The maximum atomic E-state index is 13.1. The van der Waals surface area contributed by atoms with Crippen LogP contribution in [0.25, 0.3) is 5.69 Å². The number of fused-ring (bicyclic) bond motifs is 1. The largest absolute Gasteiger partial charge is 0.462 e. The van der Waals surface area contributed by atoms with Crippen LogP contribution in [0.4, 0.5) is 10.7 Å². The highest BCUT2D eigenvalue weighted by atomic mass is 32.1. The first-order valence-corrected chi connectivity index (χ1v) is 11.9. The van der Waals surface area contributed by atoms with Gasteiger partial charge in [0.25, 0.3) is 5.56 Å². The lowest BCUT2D eigenvalue weighted by Crippen LogP contribution is -2.25. The molecular weight excluding hydrogens is 444 g/mol. The first kappa shape index (κ1) is 22.3. The van der Waals surface area contributed by atoms with E-state index in [-0.39, 0.29) is 16.6 Å². The fourth-order valence-corrected chi connectivity index (χ4v) is 5.58. The van der Waals surface area contributed by atoms with Crippen LogP contribution < -0.4 is 16.2 Å². The smallest absolute Gasteiger partial charge is 0.341 e. The number of aromatic nitrogens is 2. The molecule has 0 saturated heterocycles. The van der Waals surface area contributed by atoms with Crippen molar-refractivity contribution in [1.82, 2.24) is 9.36 Å². The van der Waals surface area contributed by atoms with Crippen LogP contribution in [0.15, 0.2) is 35.1 Å². The summed E-state index contributed by atoms with van der Waals surface area (Å²) in [7, 11) is 1.83. The zero-order chi connectivity index (χ0) is 22.8. The minimum atomic E-state index is -0.334. The van der Waals surface area contributed by atoms with Crippen molar-refractivity contribution in [2.45, 2.75) is 39.5 Å². The van der Waals surface area contributed by atoms with Crippen molar-refractivity contribution >= 4 is 45.3 Å². The average Bonchev–Trinajstić information content (AvgIpc) is 3.24. The molecule has 4 rings (SSSR count). The number of thiophene rings is 1. The number of thiocarbonyl (C=S) groups is 1. The van der Waals surface area contributed by atoms with E-state index in [0.29, 0.717) is 22.9 Å². The predicted molar refractivity (Wildman–Crippen MR) is 133 cm³/mol. The first-order valence-electron chi connectivity index (χ1n) is 10.7. The number of hydrogen-bond acceptors (Lipinski definition) is 5. The number of aryl methyl sites for hydroxylation is 1. The third-order valence-electron chi connectivity index (χ3n) is 5.67. The van der Waals surface area contributed by atoms with Gasteiger partial charge in [-0.3, -0.25) is 9.48 Å². The fourth-order valence-electron chi connectivity index (χ4n) is 4.03. The molecule has 7 nitrogen and oxygen atoms in total. The highest BCUT2D eigenvalue weighted by Crippen LogP contribution is 2.38. The van der Waals surface area contributed by atoms with E-state index in [2.05, 4.69) is 10.6 Å². The number of carbonyl (C=O) groups excluding carboxylic acids is 1. The van der Waals surface area contributed by atoms with Crippen molar-refractivity contribution in [2.75, 3.05) is 17.2 Å². The molecule has 0 fully saturated rings. The Morgan fingerprint density at radius 3 is 2.62 bits per heavy atom. The molecule has 0 atom stereocenters. The quantitative estimate of drug-likeness (QED) is 0.425. The number of carbonyl (C=O) groups is 1. The van der Waals surface area contributed by atoms with Crippen LogP contribution in [-0.2, 0) is 24.6 Å². The molecular formula is C23H26N4O3S2. The second-order valence-electron chi connectivity index (χ2n) is 7.65. The maximum absolute atomic E-state index is 13.1. The van der Waals surface area contributed by atoms with Crippen molar-refractivity contribution in [1.29, 1.82) is 0 Å². The molecule has 0 amide bonds. The molecule has 2 aromatic heterocycles. The lowest BCUT2D eigenvalue weighted by atomic mass is 9.95. The number of anilines is 2. The molecule has 1 aliphatic rings. The predicted octanol–water partition coefficient (Wildman–Crippen LogP) is 4.41. The van der Waals surface area contributed by atoms with Gasteiger partial charge in [0.05, 0.1) is 23.6 Å². The van der Waals surface area contributed by atoms with Crippen LogP contribution in [0.3, 0.4) is 0 Å². The number of nitrogens with one attached hydrogen (secondary N) is 2. The molecule has 32 heavy (non-hydrogen) atoms. The molecule has 0 aliphatic heterocycles. The molecule has 9 heteroatoms. The van der Waals surface area contributed by atoms with Crippen molar-refractivity contribution in [2.24, 2.45) is 7.05 Å². The standard InChI is InChI=1S/C23H26N4O3S2/c1-4-30-22(29)18-16-12-8-9-13-17(16)32-20(18)25-23(31)24-19-14(2)26(3)27(21(19)28)15-10-6-5-7-11-15/h5-7,10-11H,4,8-9,12-13H2,1-3H3,(H2,24,25,31). The molecule has 0 spiro atoms. The average molecular weight is 471 g/mol. The van der Waals surface area contributed by atoms with Gasteiger partial charge in [-0.25, -0.2) is 9.48 Å². The second kappa shape index (κ2) is 9.30. The third-order valence-corrected chi connectivity index (χ3v) is 7.08. The molecule has 168 valence electrons. The van der Waals surface area contributed by atoms with Crippen molar-refractivity contribution in [3.8, 4) is 5.69 Å². The monoisotopic (exact) mass is 470 g/mol. The van der Waals surface area contributed by atoms with Crippen molar-refractivity contribution < 1.29 is 9.53 Å². The molecule has 2 N–H and O–H groups in total. The minimum absolute atomic E-state index is 0.198. The van der Waals surface area contributed by atoms with E-state index >= 15 is 0 Å². The molecule has 0 radical (unpaired) electrons. The number of hydrogen-bond donors (Lipinski definition) is 2.